The van der Waals surface area contributed by atoms with Crippen LogP contribution in [0, 0.1) is 5.82 Å². The first-order valence-corrected chi connectivity index (χ1v) is 8.25. The van der Waals surface area contributed by atoms with Crippen molar-refractivity contribution in [3.05, 3.63) is 77.2 Å². The van der Waals surface area contributed by atoms with Gasteiger partial charge in [0, 0.05) is 13.6 Å². The molecule has 26 heavy (non-hydrogen) atoms. The maximum absolute atomic E-state index is 13.3. The van der Waals surface area contributed by atoms with E-state index in [4.69, 9.17) is 0 Å². The number of hydrogen-bond donors (Lipinski definition) is 1. The molecule has 6 heteroatoms. The Morgan fingerprint density at radius 3 is 2.27 bits per heavy atom. The van der Waals surface area contributed by atoms with Crippen molar-refractivity contribution in [1.82, 2.24) is 9.80 Å². The molecule has 3 rings (SSSR count). The van der Waals surface area contributed by atoms with E-state index in [-0.39, 0.29) is 31.0 Å². The number of aliphatic hydroxyl groups is 1. The maximum atomic E-state index is 13.3. The van der Waals surface area contributed by atoms with Crippen LogP contribution in [0.4, 0.5) is 4.39 Å². The summed E-state index contributed by atoms with van der Waals surface area (Å²) >= 11 is 0. The number of imide groups is 1. The molecule has 1 aliphatic rings. The molecule has 2 aromatic rings. The summed E-state index contributed by atoms with van der Waals surface area (Å²) in [5.74, 6) is -1.27. The van der Waals surface area contributed by atoms with Gasteiger partial charge in [-0.15, -0.1) is 0 Å². The molecule has 0 saturated carbocycles. The van der Waals surface area contributed by atoms with Crippen molar-refractivity contribution >= 4 is 17.4 Å². The molecule has 1 N–H and O–H groups in total. The number of carbonyl (C=O) groups is 2. The van der Waals surface area contributed by atoms with E-state index in [1.165, 1.54) is 29.2 Å². The SMILES string of the molecule is CN(CCO)C1=C(c2ccc(F)cc2)C(=O)N(Cc2ccccc2)C1=O. The van der Waals surface area contributed by atoms with Gasteiger partial charge in [-0.3, -0.25) is 14.5 Å². The van der Waals surface area contributed by atoms with Crippen LogP contribution in [0.15, 0.2) is 60.3 Å². The Labute approximate surface area is 151 Å². The third kappa shape index (κ3) is 3.36. The lowest BCUT2D eigenvalue weighted by molar-refractivity contribution is -0.138. The number of amides is 2. The van der Waals surface area contributed by atoms with Crippen molar-refractivity contribution < 1.29 is 19.1 Å². The average Bonchev–Trinajstić information content (AvgIpc) is 2.88. The lowest BCUT2D eigenvalue weighted by atomic mass is 10.0. The predicted octanol–water partition coefficient (Wildman–Crippen LogP) is 2.03. The van der Waals surface area contributed by atoms with Crippen LogP contribution in [0.2, 0.25) is 0 Å². The fourth-order valence-electron chi connectivity index (χ4n) is 2.97. The Kier molecular flexibility index (Phi) is 5.14. The lowest BCUT2D eigenvalue weighted by Crippen LogP contribution is -2.34. The predicted molar refractivity (Wildman–Crippen MR) is 95.0 cm³/mol. The van der Waals surface area contributed by atoms with Gasteiger partial charge in [0.1, 0.15) is 11.5 Å². The highest BCUT2D eigenvalue weighted by atomic mass is 19.1. The van der Waals surface area contributed by atoms with E-state index in [2.05, 4.69) is 0 Å². The summed E-state index contributed by atoms with van der Waals surface area (Å²) < 4.78 is 13.3. The van der Waals surface area contributed by atoms with Gasteiger partial charge >= 0.3 is 0 Å². The van der Waals surface area contributed by atoms with Gasteiger partial charge in [-0.25, -0.2) is 4.39 Å². The number of aliphatic hydroxyl groups excluding tert-OH is 1. The summed E-state index contributed by atoms with van der Waals surface area (Å²) in [6.45, 7) is 0.203. The maximum Gasteiger partial charge on any atom is 0.278 e. The third-order valence-electron chi connectivity index (χ3n) is 4.28. The third-order valence-corrected chi connectivity index (χ3v) is 4.28. The van der Waals surface area contributed by atoms with Gasteiger partial charge in [0.15, 0.2) is 0 Å². The number of likely N-dealkylation sites (N-methyl/N-ethyl adjacent to an activating group) is 1. The molecule has 134 valence electrons. The van der Waals surface area contributed by atoms with Crippen molar-refractivity contribution in [2.24, 2.45) is 0 Å². The largest absolute Gasteiger partial charge is 0.395 e. The van der Waals surface area contributed by atoms with Crippen molar-refractivity contribution in [2.45, 2.75) is 6.54 Å². The molecule has 2 amide bonds. The van der Waals surface area contributed by atoms with E-state index in [9.17, 15) is 19.1 Å². The normalized spacial score (nSPS) is 14.3. The van der Waals surface area contributed by atoms with Gasteiger partial charge in [-0.05, 0) is 23.3 Å². The second kappa shape index (κ2) is 7.49. The van der Waals surface area contributed by atoms with Gasteiger partial charge in [-0.2, -0.15) is 0 Å². The summed E-state index contributed by atoms with van der Waals surface area (Å²) in [6.07, 6.45) is 0. The zero-order valence-corrected chi connectivity index (χ0v) is 14.4. The van der Waals surface area contributed by atoms with E-state index in [1.807, 2.05) is 30.3 Å². The Morgan fingerprint density at radius 2 is 1.65 bits per heavy atom. The first-order valence-electron chi connectivity index (χ1n) is 8.25. The number of hydrogen-bond acceptors (Lipinski definition) is 4. The van der Waals surface area contributed by atoms with Crippen LogP contribution in [-0.4, -0.2) is 46.9 Å². The monoisotopic (exact) mass is 354 g/mol. The Bertz CT molecular complexity index is 847. The molecule has 0 radical (unpaired) electrons. The summed E-state index contributed by atoms with van der Waals surface area (Å²) in [5, 5.41) is 9.22. The van der Waals surface area contributed by atoms with Crippen LogP contribution >= 0.6 is 0 Å². The Morgan fingerprint density at radius 1 is 1.00 bits per heavy atom. The van der Waals surface area contributed by atoms with Crippen molar-refractivity contribution in [3.8, 4) is 0 Å². The molecule has 0 fully saturated rings. The molecule has 0 bridgehead atoms. The minimum atomic E-state index is -0.426. The average molecular weight is 354 g/mol. The highest BCUT2D eigenvalue weighted by Gasteiger charge is 2.40. The van der Waals surface area contributed by atoms with E-state index >= 15 is 0 Å². The summed E-state index contributed by atoms with van der Waals surface area (Å²) in [7, 11) is 1.65. The fraction of sp³-hybridized carbons (Fsp3) is 0.200. The minimum absolute atomic E-state index is 0.152. The second-order valence-corrected chi connectivity index (χ2v) is 6.06. The first kappa shape index (κ1) is 17.8. The number of nitrogens with zero attached hydrogens (tertiary/aromatic N) is 2. The Hall–Kier alpha value is -2.99. The highest BCUT2D eigenvalue weighted by molar-refractivity contribution is 6.35. The molecule has 0 aliphatic carbocycles. The van der Waals surface area contributed by atoms with Crippen LogP contribution in [0.1, 0.15) is 11.1 Å². The smallest absolute Gasteiger partial charge is 0.278 e. The molecule has 0 atom stereocenters. The van der Waals surface area contributed by atoms with Gasteiger partial charge in [0.05, 0.1) is 18.7 Å². The Balaban J connectivity index is 2.01. The minimum Gasteiger partial charge on any atom is -0.395 e. The summed E-state index contributed by atoms with van der Waals surface area (Å²) in [4.78, 5) is 28.7. The quantitative estimate of drug-likeness (QED) is 0.807. The van der Waals surface area contributed by atoms with Crippen LogP contribution in [0.25, 0.3) is 5.57 Å². The number of rotatable bonds is 6. The second-order valence-electron chi connectivity index (χ2n) is 6.06. The molecule has 0 saturated heterocycles. The standard InChI is InChI=1S/C20H19FN2O3/c1-22(11-12-24)18-17(15-7-9-16(21)10-8-15)19(25)23(20(18)26)13-14-5-3-2-4-6-14/h2-10,24H,11-13H2,1H3. The van der Waals surface area contributed by atoms with Crippen LogP contribution < -0.4 is 0 Å². The van der Waals surface area contributed by atoms with Gasteiger partial charge in [0.2, 0.25) is 0 Å². The van der Waals surface area contributed by atoms with Crippen molar-refractivity contribution in [1.29, 1.82) is 0 Å². The number of carbonyl (C=O) groups excluding carboxylic acids is 2. The van der Waals surface area contributed by atoms with Crippen molar-refractivity contribution in [2.75, 3.05) is 20.2 Å². The summed E-state index contributed by atoms with van der Waals surface area (Å²) in [6, 6.07) is 14.7. The van der Waals surface area contributed by atoms with Crippen LogP contribution in [0.3, 0.4) is 0 Å². The zero-order chi connectivity index (χ0) is 18.7. The molecular weight excluding hydrogens is 335 g/mol. The fourth-order valence-corrected chi connectivity index (χ4v) is 2.97. The lowest BCUT2D eigenvalue weighted by Gasteiger charge is -2.20. The van der Waals surface area contributed by atoms with E-state index in [0.717, 1.165) is 5.56 Å². The van der Waals surface area contributed by atoms with Crippen molar-refractivity contribution in [3.63, 3.8) is 0 Å². The van der Waals surface area contributed by atoms with E-state index in [0.29, 0.717) is 5.56 Å². The molecule has 0 spiro atoms. The molecule has 1 heterocycles. The molecule has 1 aliphatic heterocycles. The first-order chi connectivity index (χ1) is 12.5. The van der Waals surface area contributed by atoms with Gasteiger partial charge in [-0.1, -0.05) is 42.5 Å². The molecule has 0 aromatic heterocycles. The van der Waals surface area contributed by atoms with E-state index < -0.39 is 17.6 Å². The van der Waals surface area contributed by atoms with Gasteiger partial charge in [0.25, 0.3) is 11.8 Å². The number of halogens is 1. The van der Waals surface area contributed by atoms with Crippen LogP contribution in [-0.2, 0) is 16.1 Å². The molecule has 0 unspecified atom stereocenters. The highest BCUT2D eigenvalue weighted by Crippen LogP contribution is 2.32. The van der Waals surface area contributed by atoms with Crippen LogP contribution in [0.5, 0.6) is 0 Å². The van der Waals surface area contributed by atoms with E-state index in [1.54, 1.807) is 11.9 Å². The summed E-state index contributed by atoms with van der Waals surface area (Å²) in [5.41, 5.74) is 1.74. The topological polar surface area (TPSA) is 60.9 Å². The number of benzene rings is 2. The molecule has 2 aromatic carbocycles. The zero-order valence-electron chi connectivity index (χ0n) is 14.4. The molecular formula is C20H19FN2O3. The molecule has 5 nitrogen and oxygen atoms in total. The van der Waals surface area contributed by atoms with Gasteiger partial charge < -0.3 is 10.0 Å².